The summed E-state index contributed by atoms with van der Waals surface area (Å²) < 4.78 is 27.0. The highest BCUT2D eigenvalue weighted by Gasteiger charge is 2.21. The zero-order valence-corrected chi connectivity index (χ0v) is 14.4. The molecule has 1 aromatic heterocycles. The average molecular weight is 412 g/mol. The first-order valence-electron chi connectivity index (χ1n) is 5.38. The number of nitrogens with zero attached hydrogens (tertiary/aromatic N) is 1. The molecule has 6 nitrogen and oxygen atoms in total. The Morgan fingerprint density at radius 1 is 1.48 bits per heavy atom. The van der Waals surface area contributed by atoms with Crippen molar-refractivity contribution in [3.05, 3.63) is 38.3 Å². The number of aromatic carboxylic acids is 1. The van der Waals surface area contributed by atoms with Crippen molar-refractivity contribution in [3.63, 3.8) is 0 Å². The van der Waals surface area contributed by atoms with Crippen molar-refractivity contribution < 1.29 is 18.3 Å². The molecule has 0 saturated heterocycles. The molecule has 0 saturated carbocycles. The highest BCUT2D eigenvalue weighted by molar-refractivity contribution is 9.10. The van der Waals surface area contributed by atoms with Crippen LogP contribution in [0.2, 0.25) is 5.02 Å². The average Bonchev–Trinajstić information content (AvgIpc) is 2.76. The molecule has 1 heterocycles. The van der Waals surface area contributed by atoms with Gasteiger partial charge in [-0.3, -0.25) is 4.72 Å². The van der Waals surface area contributed by atoms with Crippen LogP contribution in [-0.2, 0) is 10.0 Å². The highest BCUT2D eigenvalue weighted by atomic mass is 79.9. The van der Waals surface area contributed by atoms with E-state index in [1.807, 2.05) is 0 Å². The Kier molecular flexibility index (Phi) is 4.57. The Labute approximate surface area is 138 Å². The fraction of sp³-hybridized carbons (Fsp3) is 0.0909. The smallest absolute Gasteiger partial charge is 0.337 e. The molecule has 10 heteroatoms. The SMILES string of the molecule is Cc1cnc(NS(=O)(=O)c2cc(Br)c(Cl)c(C(=O)O)c2)s1. The maximum Gasteiger partial charge on any atom is 0.337 e. The zero-order chi connectivity index (χ0) is 15.8. The van der Waals surface area contributed by atoms with Crippen LogP contribution in [0.1, 0.15) is 15.2 Å². The summed E-state index contributed by atoms with van der Waals surface area (Å²) in [5.74, 6) is -1.32. The van der Waals surface area contributed by atoms with Crippen LogP contribution in [0, 0.1) is 6.92 Å². The molecule has 0 bridgehead atoms. The second-order valence-corrected chi connectivity index (χ2v) is 8.10. The molecule has 0 aliphatic carbocycles. The lowest BCUT2D eigenvalue weighted by Crippen LogP contribution is -2.14. The third kappa shape index (κ3) is 3.54. The van der Waals surface area contributed by atoms with Gasteiger partial charge in [-0.15, -0.1) is 11.3 Å². The summed E-state index contributed by atoms with van der Waals surface area (Å²) in [6, 6.07) is 2.23. The summed E-state index contributed by atoms with van der Waals surface area (Å²) in [7, 11) is -3.95. The van der Waals surface area contributed by atoms with Crippen LogP contribution < -0.4 is 4.72 Å². The van der Waals surface area contributed by atoms with E-state index in [9.17, 15) is 13.2 Å². The van der Waals surface area contributed by atoms with E-state index < -0.39 is 16.0 Å². The topological polar surface area (TPSA) is 96.4 Å². The molecule has 0 fully saturated rings. The van der Waals surface area contributed by atoms with Gasteiger partial charge >= 0.3 is 5.97 Å². The number of rotatable bonds is 4. The van der Waals surface area contributed by atoms with Gasteiger partial charge in [-0.25, -0.2) is 18.2 Å². The van der Waals surface area contributed by atoms with Crippen molar-refractivity contribution >= 4 is 60.0 Å². The Bertz CT molecular complexity index is 820. The normalized spacial score (nSPS) is 11.4. The van der Waals surface area contributed by atoms with E-state index in [-0.39, 0.29) is 25.1 Å². The Balaban J connectivity index is 2.47. The van der Waals surface area contributed by atoms with Crippen molar-refractivity contribution in [1.29, 1.82) is 0 Å². The summed E-state index contributed by atoms with van der Waals surface area (Å²) in [6.45, 7) is 1.79. The van der Waals surface area contributed by atoms with E-state index in [2.05, 4.69) is 25.6 Å². The first-order chi connectivity index (χ1) is 9.70. The molecule has 21 heavy (non-hydrogen) atoms. The first-order valence-corrected chi connectivity index (χ1v) is 8.85. The van der Waals surface area contributed by atoms with Crippen LogP contribution in [0.15, 0.2) is 27.7 Å². The molecule has 0 atom stereocenters. The summed E-state index contributed by atoms with van der Waals surface area (Å²) in [5.41, 5.74) is -0.304. The quantitative estimate of drug-likeness (QED) is 0.804. The van der Waals surface area contributed by atoms with E-state index in [1.165, 1.54) is 23.6 Å². The Morgan fingerprint density at radius 2 is 2.14 bits per heavy atom. The van der Waals surface area contributed by atoms with Crippen LogP contribution >= 0.6 is 38.9 Å². The van der Waals surface area contributed by atoms with E-state index >= 15 is 0 Å². The number of carbonyl (C=O) groups is 1. The van der Waals surface area contributed by atoms with E-state index in [0.717, 1.165) is 10.9 Å². The number of sulfonamides is 1. The molecule has 0 aliphatic heterocycles. The van der Waals surface area contributed by atoms with Gasteiger partial charge < -0.3 is 5.11 Å². The number of anilines is 1. The van der Waals surface area contributed by atoms with Crippen LogP contribution in [0.4, 0.5) is 5.13 Å². The van der Waals surface area contributed by atoms with Crippen molar-refractivity contribution in [1.82, 2.24) is 4.98 Å². The molecule has 112 valence electrons. The molecule has 0 spiro atoms. The number of hydrogen-bond donors (Lipinski definition) is 2. The van der Waals surface area contributed by atoms with Crippen molar-refractivity contribution in [3.8, 4) is 0 Å². The Hall–Kier alpha value is -1.16. The molecular formula is C11H8BrClN2O4S2. The van der Waals surface area contributed by atoms with Gasteiger partial charge in [0.15, 0.2) is 5.13 Å². The van der Waals surface area contributed by atoms with Crippen LogP contribution in [-0.4, -0.2) is 24.5 Å². The number of aromatic nitrogens is 1. The van der Waals surface area contributed by atoms with Gasteiger partial charge in [-0.2, -0.15) is 0 Å². The van der Waals surface area contributed by atoms with Gasteiger partial charge in [0, 0.05) is 15.5 Å². The van der Waals surface area contributed by atoms with Crippen molar-refractivity contribution in [2.75, 3.05) is 4.72 Å². The maximum atomic E-state index is 12.2. The second-order valence-electron chi connectivity index (χ2n) is 3.95. The van der Waals surface area contributed by atoms with Gasteiger partial charge in [0.1, 0.15) is 0 Å². The molecule has 2 rings (SSSR count). The number of thiazole rings is 1. The third-order valence-corrected chi connectivity index (χ3v) is 5.92. The van der Waals surface area contributed by atoms with Crippen LogP contribution in [0.25, 0.3) is 0 Å². The van der Waals surface area contributed by atoms with E-state index in [0.29, 0.717) is 0 Å². The zero-order valence-electron chi connectivity index (χ0n) is 10.4. The summed E-state index contributed by atoms with van der Waals surface area (Å²) in [5, 5.41) is 9.18. The monoisotopic (exact) mass is 410 g/mol. The van der Waals surface area contributed by atoms with Gasteiger partial charge in [0.2, 0.25) is 0 Å². The molecule has 1 aromatic carbocycles. The number of nitrogens with one attached hydrogen (secondary N) is 1. The largest absolute Gasteiger partial charge is 0.478 e. The van der Waals surface area contributed by atoms with Gasteiger partial charge in [0.05, 0.1) is 15.5 Å². The number of aryl methyl sites for hydroxylation is 1. The lowest BCUT2D eigenvalue weighted by molar-refractivity contribution is 0.0696. The predicted molar refractivity (Wildman–Crippen MR) is 83.8 cm³/mol. The number of carboxylic acids is 1. The van der Waals surface area contributed by atoms with Crippen LogP contribution in [0.5, 0.6) is 0 Å². The van der Waals surface area contributed by atoms with Gasteiger partial charge in [0.25, 0.3) is 10.0 Å². The predicted octanol–water partition coefficient (Wildman–Crippen LogP) is 3.37. The van der Waals surface area contributed by atoms with Crippen molar-refractivity contribution in [2.24, 2.45) is 0 Å². The third-order valence-electron chi connectivity index (χ3n) is 2.39. The first kappa shape index (κ1) is 16.2. The number of benzene rings is 1. The maximum absolute atomic E-state index is 12.2. The highest BCUT2D eigenvalue weighted by Crippen LogP contribution is 2.31. The lowest BCUT2D eigenvalue weighted by Gasteiger charge is -2.08. The van der Waals surface area contributed by atoms with Gasteiger partial charge in [-0.1, -0.05) is 11.6 Å². The molecule has 2 N–H and O–H groups in total. The van der Waals surface area contributed by atoms with Crippen molar-refractivity contribution in [2.45, 2.75) is 11.8 Å². The molecular weight excluding hydrogens is 404 g/mol. The standard InChI is InChI=1S/C11H8BrClN2O4S2/c1-5-4-14-11(20-5)15-21(18,19)6-2-7(10(16)17)9(13)8(12)3-6/h2-4H,1H3,(H,14,15)(H,16,17). The number of hydrogen-bond acceptors (Lipinski definition) is 5. The minimum Gasteiger partial charge on any atom is -0.478 e. The fourth-order valence-corrected chi connectivity index (χ4v) is 4.21. The number of halogens is 2. The van der Waals surface area contributed by atoms with E-state index in [4.69, 9.17) is 16.7 Å². The summed E-state index contributed by atoms with van der Waals surface area (Å²) >= 11 is 10.0. The van der Waals surface area contributed by atoms with Crippen LogP contribution in [0.3, 0.4) is 0 Å². The molecule has 0 radical (unpaired) electrons. The molecule has 2 aromatic rings. The second kappa shape index (κ2) is 5.91. The Morgan fingerprint density at radius 3 is 2.67 bits per heavy atom. The van der Waals surface area contributed by atoms with Gasteiger partial charge in [-0.05, 0) is 35.0 Å². The summed E-state index contributed by atoms with van der Waals surface area (Å²) in [4.78, 5) is 15.6. The number of carboxylic acid groups (broad SMARTS) is 1. The minimum atomic E-state index is -3.95. The summed E-state index contributed by atoms with van der Waals surface area (Å²) in [6.07, 6.45) is 1.53. The molecule has 0 aliphatic rings. The molecule has 0 unspecified atom stereocenters. The lowest BCUT2D eigenvalue weighted by atomic mass is 10.2. The van der Waals surface area contributed by atoms with E-state index in [1.54, 1.807) is 6.92 Å². The minimum absolute atomic E-state index is 0.0634. The molecule has 0 amide bonds. The fourth-order valence-electron chi connectivity index (χ4n) is 1.45.